The predicted octanol–water partition coefficient (Wildman–Crippen LogP) is -0.213. The Balaban J connectivity index is 2.13. The molecule has 0 radical (unpaired) electrons. The van der Waals surface area contributed by atoms with Crippen molar-refractivity contribution in [3.05, 3.63) is 0 Å². The summed E-state index contributed by atoms with van der Waals surface area (Å²) in [4.78, 5) is 35.2. The van der Waals surface area contributed by atoms with Crippen molar-refractivity contribution in [2.75, 3.05) is 0 Å². The average Bonchev–Trinajstić information content (AvgIpc) is 2.93. The summed E-state index contributed by atoms with van der Waals surface area (Å²) < 4.78 is 0. The quantitative estimate of drug-likeness (QED) is 0.554. The number of hydrogen-bond donors (Lipinski definition) is 4. The van der Waals surface area contributed by atoms with E-state index in [0.717, 1.165) is 0 Å². The molecule has 21 heavy (non-hydrogen) atoms. The van der Waals surface area contributed by atoms with Crippen LogP contribution < -0.4 is 0 Å². The summed E-state index contributed by atoms with van der Waals surface area (Å²) in [6.07, 6.45) is 0.132. The van der Waals surface area contributed by atoms with Crippen LogP contribution in [-0.2, 0) is 14.4 Å². The Morgan fingerprint density at radius 2 is 1.57 bits per heavy atom. The third-order valence-electron chi connectivity index (χ3n) is 6.07. The smallest absolute Gasteiger partial charge is 0.309 e. The fourth-order valence-electron chi connectivity index (χ4n) is 5.12. The fraction of sp³-hybridized carbons (Fsp3) is 0.786. The van der Waals surface area contributed by atoms with Crippen molar-refractivity contribution in [1.29, 1.82) is 0 Å². The zero-order valence-corrected chi connectivity index (χ0v) is 11.4. The van der Waals surface area contributed by atoms with E-state index in [1.165, 1.54) is 0 Å². The first-order valence-electron chi connectivity index (χ1n) is 7.14. The third-order valence-corrected chi connectivity index (χ3v) is 6.07. The molecular weight excluding hydrogens is 280 g/mol. The first-order valence-corrected chi connectivity index (χ1v) is 7.14. The Bertz CT molecular complexity index is 543. The zero-order chi connectivity index (χ0) is 15.6. The minimum atomic E-state index is -1.96. The van der Waals surface area contributed by atoms with Gasteiger partial charge in [0.15, 0.2) is 0 Å². The second-order valence-corrected chi connectivity index (χ2v) is 6.54. The molecule has 0 aromatic rings. The van der Waals surface area contributed by atoms with Crippen LogP contribution in [0.1, 0.15) is 38.5 Å². The lowest BCUT2D eigenvalue weighted by atomic mass is 9.63. The van der Waals surface area contributed by atoms with Crippen molar-refractivity contribution in [3.63, 3.8) is 0 Å². The molecule has 0 heterocycles. The molecule has 5 unspecified atom stereocenters. The maximum absolute atomic E-state index is 12.4. The van der Waals surface area contributed by atoms with E-state index in [9.17, 15) is 34.8 Å². The molecule has 4 N–H and O–H groups in total. The van der Waals surface area contributed by atoms with Crippen LogP contribution in [0.2, 0.25) is 0 Å². The van der Waals surface area contributed by atoms with Crippen LogP contribution in [0.15, 0.2) is 0 Å². The molecule has 7 nitrogen and oxygen atoms in total. The van der Waals surface area contributed by atoms with Crippen molar-refractivity contribution >= 4 is 17.7 Å². The number of ketones is 1. The summed E-state index contributed by atoms with van der Waals surface area (Å²) >= 11 is 0. The molecule has 7 heteroatoms. The molecule has 0 bridgehead atoms. The summed E-state index contributed by atoms with van der Waals surface area (Å²) in [6.45, 7) is 0. The van der Waals surface area contributed by atoms with Crippen molar-refractivity contribution in [2.24, 2.45) is 17.3 Å². The Morgan fingerprint density at radius 3 is 2.14 bits per heavy atom. The summed E-state index contributed by atoms with van der Waals surface area (Å²) in [7, 11) is 0. The molecule has 0 saturated heterocycles. The number of rotatable bonds is 2. The van der Waals surface area contributed by atoms with Crippen molar-refractivity contribution < 1.29 is 34.8 Å². The van der Waals surface area contributed by atoms with Crippen LogP contribution in [0.4, 0.5) is 0 Å². The van der Waals surface area contributed by atoms with Gasteiger partial charge in [-0.1, -0.05) is 0 Å². The fourth-order valence-corrected chi connectivity index (χ4v) is 5.12. The topological polar surface area (TPSA) is 132 Å². The van der Waals surface area contributed by atoms with E-state index in [1.807, 2.05) is 0 Å². The van der Waals surface area contributed by atoms with Gasteiger partial charge >= 0.3 is 11.9 Å². The van der Waals surface area contributed by atoms with Crippen LogP contribution in [0, 0.1) is 17.3 Å². The van der Waals surface area contributed by atoms with E-state index in [0.29, 0.717) is 0 Å². The van der Waals surface area contributed by atoms with Crippen LogP contribution in [0.3, 0.4) is 0 Å². The van der Waals surface area contributed by atoms with Gasteiger partial charge in [-0.2, -0.15) is 0 Å². The molecule has 1 spiro atoms. The number of hydrogen-bond acceptors (Lipinski definition) is 5. The molecule has 116 valence electrons. The molecule has 3 aliphatic rings. The maximum atomic E-state index is 12.4. The van der Waals surface area contributed by atoms with E-state index in [4.69, 9.17) is 0 Å². The highest BCUT2D eigenvalue weighted by molar-refractivity contribution is 5.95. The highest BCUT2D eigenvalue weighted by Crippen LogP contribution is 2.67. The lowest BCUT2D eigenvalue weighted by Crippen LogP contribution is -2.62. The van der Waals surface area contributed by atoms with Gasteiger partial charge in [0, 0.05) is 6.42 Å². The molecule has 3 fully saturated rings. The number of carbonyl (C=O) groups is 3. The minimum Gasteiger partial charge on any atom is -0.481 e. The molecule has 3 rings (SSSR count). The Labute approximate surface area is 120 Å². The lowest BCUT2D eigenvalue weighted by molar-refractivity contribution is -0.196. The van der Waals surface area contributed by atoms with E-state index >= 15 is 0 Å². The zero-order valence-electron chi connectivity index (χ0n) is 11.4. The Kier molecular flexibility index (Phi) is 2.79. The molecule has 0 amide bonds. The van der Waals surface area contributed by atoms with Gasteiger partial charge in [0.05, 0.1) is 17.3 Å². The molecule has 3 aliphatic carbocycles. The normalized spacial score (nSPS) is 48.8. The highest BCUT2D eigenvalue weighted by Gasteiger charge is 2.79. The Morgan fingerprint density at radius 1 is 0.952 bits per heavy atom. The summed E-state index contributed by atoms with van der Waals surface area (Å²) in [5, 5.41) is 40.5. The van der Waals surface area contributed by atoms with Gasteiger partial charge in [-0.05, 0) is 32.1 Å². The van der Waals surface area contributed by atoms with E-state index in [2.05, 4.69) is 0 Å². The number of aliphatic hydroxyl groups is 2. The van der Waals surface area contributed by atoms with Crippen LogP contribution in [0.5, 0.6) is 0 Å². The van der Waals surface area contributed by atoms with Gasteiger partial charge in [-0.15, -0.1) is 0 Å². The van der Waals surface area contributed by atoms with E-state index < -0.39 is 40.4 Å². The molecular formula is C14H18O7. The highest BCUT2D eigenvalue weighted by atomic mass is 16.4. The standard InChI is InChI=1S/C14H18O7/c15-9-2-1-7(10(16)17)12(9)5-6-13(20)8(11(18)19)3-4-14(12,13)21/h7-8,20-21H,1-6H2,(H,16,17)(H,18,19). The number of Topliss-reactive ketones (excluding diaryl/α,β-unsaturated/α-hetero) is 1. The maximum Gasteiger partial charge on any atom is 0.309 e. The SMILES string of the molecule is O=C(O)C1CCC2(O)C1(O)CCC21C(=O)CCC1C(=O)O. The van der Waals surface area contributed by atoms with Gasteiger partial charge in [0.25, 0.3) is 0 Å². The van der Waals surface area contributed by atoms with E-state index in [1.54, 1.807) is 0 Å². The van der Waals surface area contributed by atoms with Crippen molar-refractivity contribution in [3.8, 4) is 0 Å². The van der Waals surface area contributed by atoms with Gasteiger partial charge in [0.1, 0.15) is 17.0 Å². The predicted molar refractivity (Wildman–Crippen MR) is 67.3 cm³/mol. The lowest BCUT2D eigenvalue weighted by Gasteiger charge is -2.44. The first-order chi connectivity index (χ1) is 9.70. The number of carboxylic acids is 2. The molecule has 3 saturated carbocycles. The van der Waals surface area contributed by atoms with Gasteiger partial charge in [-0.25, -0.2) is 0 Å². The van der Waals surface area contributed by atoms with E-state index in [-0.39, 0.29) is 44.3 Å². The summed E-state index contributed by atoms with van der Waals surface area (Å²) in [5.41, 5.74) is -5.43. The van der Waals surface area contributed by atoms with Crippen molar-refractivity contribution in [2.45, 2.75) is 49.7 Å². The summed E-state index contributed by atoms with van der Waals surface area (Å²) in [5.74, 6) is -4.97. The summed E-state index contributed by atoms with van der Waals surface area (Å²) in [6, 6.07) is 0. The van der Waals surface area contributed by atoms with Crippen LogP contribution in [0.25, 0.3) is 0 Å². The number of fused-ring (bicyclic) bond motifs is 2. The van der Waals surface area contributed by atoms with Crippen molar-refractivity contribution in [1.82, 2.24) is 0 Å². The first kappa shape index (κ1) is 14.5. The monoisotopic (exact) mass is 298 g/mol. The molecule has 0 aromatic carbocycles. The third kappa shape index (κ3) is 1.38. The molecule has 0 aromatic heterocycles. The van der Waals surface area contributed by atoms with Crippen LogP contribution >= 0.6 is 0 Å². The van der Waals surface area contributed by atoms with Crippen LogP contribution in [-0.4, -0.2) is 49.4 Å². The minimum absolute atomic E-state index is 0.0274. The number of carboxylic acid groups (broad SMARTS) is 2. The van der Waals surface area contributed by atoms with Gasteiger partial charge in [0.2, 0.25) is 0 Å². The number of carbonyl (C=O) groups excluding carboxylic acids is 1. The molecule has 5 atom stereocenters. The molecule has 0 aliphatic heterocycles. The second kappa shape index (κ2) is 4.04. The van der Waals surface area contributed by atoms with Gasteiger partial charge in [-0.3, -0.25) is 14.4 Å². The number of aliphatic carboxylic acids is 2. The second-order valence-electron chi connectivity index (χ2n) is 6.54. The average molecular weight is 298 g/mol. The Hall–Kier alpha value is -1.47. The largest absolute Gasteiger partial charge is 0.481 e. The van der Waals surface area contributed by atoms with Gasteiger partial charge < -0.3 is 20.4 Å².